The predicted molar refractivity (Wildman–Crippen MR) is 57.3 cm³/mol. The normalized spacial score (nSPS) is 10.1. The zero-order valence-electron chi connectivity index (χ0n) is 8.90. The summed E-state index contributed by atoms with van der Waals surface area (Å²) >= 11 is 0. The number of urea groups is 1. The lowest BCUT2D eigenvalue weighted by molar-refractivity contribution is 0.262. The lowest BCUT2D eigenvalue weighted by Crippen LogP contribution is -2.19. The Morgan fingerprint density at radius 1 is 1.38 bits per heavy atom. The lowest BCUT2D eigenvalue weighted by atomic mass is 10.4. The third kappa shape index (κ3) is 2.22. The van der Waals surface area contributed by atoms with Gasteiger partial charge in [-0.1, -0.05) is 5.16 Å². The molecular weight excluding hydrogens is 210 g/mol. The Labute approximate surface area is 91.6 Å². The monoisotopic (exact) mass is 221 g/mol. The van der Waals surface area contributed by atoms with Gasteiger partial charge in [0.25, 0.3) is 0 Å². The molecule has 2 rings (SSSR count). The van der Waals surface area contributed by atoms with Crippen molar-refractivity contribution >= 4 is 17.5 Å². The average Bonchev–Trinajstić information content (AvgIpc) is 2.77. The van der Waals surface area contributed by atoms with Crippen LogP contribution in [0.1, 0.15) is 11.5 Å². The SMILES string of the molecule is Cc1cc(NC(=O)Nc2ccoc2C)no1. The first kappa shape index (κ1) is 10.3. The third-order valence-corrected chi connectivity index (χ3v) is 1.98. The van der Waals surface area contributed by atoms with Crippen molar-refractivity contribution in [3.05, 3.63) is 29.9 Å². The number of hydrogen-bond acceptors (Lipinski definition) is 4. The molecule has 0 aliphatic rings. The maximum Gasteiger partial charge on any atom is 0.325 e. The molecule has 0 bridgehead atoms. The van der Waals surface area contributed by atoms with Gasteiger partial charge >= 0.3 is 6.03 Å². The van der Waals surface area contributed by atoms with E-state index in [0.717, 1.165) is 0 Å². The molecule has 16 heavy (non-hydrogen) atoms. The first-order valence-electron chi connectivity index (χ1n) is 4.70. The fourth-order valence-electron chi connectivity index (χ4n) is 1.21. The zero-order valence-corrected chi connectivity index (χ0v) is 8.90. The molecule has 0 saturated carbocycles. The van der Waals surface area contributed by atoms with E-state index in [2.05, 4.69) is 15.8 Å². The Morgan fingerprint density at radius 2 is 2.19 bits per heavy atom. The van der Waals surface area contributed by atoms with Crippen molar-refractivity contribution in [1.82, 2.24) is 5.16 Å². The summed E-state index contributed by atoms with van der Waals surface area (Å²) in [6.07, 6.45) is 1.51. The van der Waals surface area contributed by atoms with Crippen LogP contribution in [0.4, 0.5) is 16.3 Å². The number of rotatable bonds is 2. The molecule has 2 aromatic rings. The number of aryl methyl sites for hydroxylation is 2. The summed E-state index contributed by atoms with van der Waals surface area (Å²) in [5, 5.41) is 8.79. The second-order valence-corrected chi connectivity index (χ2v) is 3.29. The molecule has 84 valence electrons. The fourth-order valence-corrected chi connectivity index (χ4v) is 1.21. The molecule has 0 saturated heterocycles. The Balaban J connectivity index is 1.97. The number of nitrogens with zero attached hydrogens (tertiary/aromatic N) is 1. The van der Waals surface area contributed by atoms with Crippen molar-refractivity contribution in [2.45, 2.75) is 13.8 Å². The average molecular weight is 221 g/mol. The Morgan fingerprint density at radius 3 is 2.75 bits per heavy atom. The van der Waals surface area contributed by atoms with E-state index in [1.54, 1.807) is 26.0 Å². The van der Waals surface area contributed by atoms with Crippen LogP contribution >= 0.6 is 0 Å². The Hall–Kier alpha value is -2.24. The molecule has 2 aromatic heterocycles. The van der Waals surface area contributed by atoms with Gasteiger partial charge in [0, 0.05) is 12.1 Å². The number of nitrogens with one attached hydrogen (secondary N) is 2. The lowest BCUT2D eigenvalue weighted by Gasteiger charge is -2.02. The van der Waals surface area contributed by atoms with Gasteiger partial charge in [0.05, 0.1) is 12.0 Å². The van der Waals surface area contributed by atoms with Crippen molar-refractivity contribution in [3.63, 3.8) is 0 Å². The fraction of sp³-hybridized carbons (Fsp3) is 0.200. The van der Waals surface area contributed by atoms with Crippen LogP contribution < -0.4 is 10.6 Å². The zero-order chi connectivity index (χ0) is 11.5. The Bertz CT molecular complexity index is 501. The van der Waals surface area contributed by atoms with Gasteiger partial charge in [-0.3, -0.25) is 5.32 Å². The molecule has 0 fully saturated rings. The number of carbonyl (C=O) groups is 1. The van der Waals surface area contributed by atoms with Gasteiger partial charge in [-0.05, 0) is 13.8 Å². The molecule has 2 heterocycles. The number of hydrogen-bond donors (Lipinski definition) is 2. The van der Waals surface area contributed by atoms with Crippen LogP contribution in [-0.2, 0) is 0 Å². The third-order valence-electron chi connectivity index (χ3n) is 1.98. The number of amides is 2. The van der Waals surface area contributed by atoms with Crippen LogP contribution in [0.3, 0.4) is 0 Å². The number of aromatic nitrogens is 1. The van der Waals surface area contributed by atoms with Crippen molar-refractivity contribution in [3.8, 4) is 0 Å². The second kappa shape index (κ2) is 4.09. The molecule has 2 N–H and O–H groups in total. The van der Waals surface area contributed by atoms with Crippen LogP contribution in [-0.4, -0.2) is 11.2 Å². The van der Waals surface area contributed by atoms with Crippen molar-refractivity contribution < 1.29 is 13.7 Å². The van der Waals surface area contributed by atoms with E-state index < -0.39 is 6.03 Å². The van der Waals surface area contributed by atoms with Gasteiger partial charge in [0.15, 0.2) is 5.82 Å². The highest BCUT2D eigenvalue weighted by atomic mass is 16.5. The molecule has 6 nitrogen and oxygen atoms in total. The predicted octanol–water partition coefficient (Wildman–Crippen LogP) is 2.53. The quantitative estimate of drug-likeness (QED) is 0.816. The topological polar surface area (TPSA) is 80.3 Å². The van der Waals surface area contributed by atoms with Gasteiger partial charge < -0.3 is 14.3 Å². The maximum absolute atomic E-state index is 11.5. The van der Waals surface area contributed by atoms with Crippen LogP contribution in [0.5, 0.6) is 0 Å². The molecule has 0 spiro atoms. The summed E-state index contributed by atoms with van der Waals surface area (Å²) in [7, 11) is 0. The molecule has 6 heteroatoms. The standard InChI is InChI=1S/C10H11N3O3/c1-6-5-9(13-16-6)12-10(14)11-8-3-4-15-7(8)2/h3-5H,1-2H3,(H2,11,12,13,14). The van der Waals surface area contributed by atoms with Crippen LogP contribution in [0, 0.1) is 13.8 Å². The second-order valence-electron chi connectivity index (χ2n) is 3.29. The van der Waals surface area contributed by atoms with Gasteiger partial charge in [-0.15, -0.1) is 0 Å². The van der Waals surface area contributed by atoms with Gasteiger partial charge in [0.1, 0.15) is 11.5 Å². The molecule has 0 radical (unpaired) electrons. The van der Waals surface area contributed by atoms with Crippen molar-refractivity contribution in [2.75, 3.05) is 10.6 Å². The Kier molecular flexibility index (Phi) is 2.63. The van der Waals surface area contributed by atoms with E-state index >= 15 is 0 Å². The summed E-state index contributed by atoms with van der Waals surface area (Å²) in [5.74, 6) is 1.65. The van der Waals surface area contributed by atoms with Gasteiger partial charge in [0.2, 0.25) is 0 Å². The molecule has 2 amide bonds. The summed E-state index contributed by atoms with van der Waals surface area (Å²) in [6.45, 7) is 3.51. The highest BCUT2D eigenvalue weighted by Gasteiger charge is 2.08. The maximum atomic E-state index is 11.5. The summed E-state index contributed by atoms with van der Waals surface area (Å²) in [5.41, 5.74) is 0.623. The van der Waals surface area contributed by atoms with Crippen LogP contribution in [0.25, 0.3) is 0 Å². The van der Waals surface area contributed by atoms with Crippen LogP contribution in [0.2, 0.25) is 0 Å². The van der Waals surface area contributed by atoms with E-state index in [1.165, 1.54) is 6.26 Å². The molecule has 0 atom stereocenters. The highest BCUT2D eigenvalue weighted by Crippen LogP contribution is 2.15. The first-order valence-corrected chi connectivity index (χ1v) is 4.70. The van der Waals surface area contributed by atoms with Crippen LogP contribution in [0.15, 0.2) is 27.3 Å². The molecule has 0 unspecified atom stereocenters. The van der Waals surface area contributed by atoms with Gasteiger partial charge in [-0.2, -0.15) is 0 Å². The summed E-state index contributed by atoms with van der Waals surface area (Å²) in [4.78, 5) is 11.5. The first-order chi connectivity index (χ1) is 7.65. The molecule has 0 aliphatic heterocycles. The molecular formula is C10H11N3O3. The highest BCUT2D eigenvalue weighted by molar-refractivity contribution is 5.99. The van der Waals surface area contributed by atoms with E-state index in [4.69, 9.17) is 8.94 Å². The number of anilines is 2. The summed E-state index contributed by atoms with van der Waals surface area (Å²) in [6, 6.07) is 2.91. The van der Waals surface area contributed by atoms with E-state index in [1.807, 2.05) is 0 Å². The minimum atomic E-state index is -0.391. The van der Waals surface area contributed by atoms with Gasteiger partial charge in [-0.25, -0.2) is 4.79 Å². The summed E-state index contributed by atoms with van der Waals surface area (Å²) < 4.78 is 9.86. The minimum absolute atomic E-state index is 0.371. The van der Waals surface area contributed by atoms with E-state index in [-0.39, 0.29) is 0 Å². The molecule has 0 aromatic carbocycles. The largest absolute Gasteiger partial charge is 0.467 e. The molecule has 0 aliphatic carbocycles. The minimum Gasteiger partial charge on any atom is -0.467 e. The van der Waals surface area contributed by atoms with E-state index in [0.29, 0.717) is 23.0 Å². The smallest absolute Gasteiger partial charge is 0.325 e. The van der Waals surface area contributed by atoms with Crippen molar-refractivity contribution in [2.24, 2.45) is 0 Å². The number of carbonyl (C=O) groups excluding carboxylic acids is 1. The van der Waals surface area contributed by atoms with Crippen molar-refractivity contribution in [1.29, 1.82) is 0 Å². The number of furan rings is 1. The van der Waals surface area contributed by atoms with E-state index in [9.17, 15) is 4.79 Å².